The zero-order valence-corrected chi connectivity index (χ0v) is 13.1. The summed E-state index contributed by atoms with van der Waals surface area (Å²) in [4.78, 5) is 28.0. The summed E-state index contributed by atoms with van der Waals surface area (Å²) >= 11 is 0. The molecule has 0 saturated carbocycles. The number of hydrogen-bond acceptors (Lipinski definition) is 8. The molecule has 0 fully saturated rings. The van der Waals surface area contributed by atoms with Crippen molar-refractivity contribution >= 4 is 28.9 Å². The second-order valence-electron chi connectivity index (χ2n) is 5.19. The molecule has 0 radical (unpaired) electrons. The topological polar surface area (TPSA) is 130 Å². The molecule has 1 aromatic carbocycles. The highest BCUT2D eigenvalue weighted by molar-refractivity contribution is 5.89. The van der Waals surface area contributed by atoms with Crippen LogP contribution >= 0.6 is 0 Å². The van der Waals surface area contributed by atoms with Crippen molar-refractivity contribution in [3.8, 4) is 0 Å². The lowest BCUT2D eigenvalue weighted by molar-refractivity contribution is 0.0600. The van der Waals surface area contributed by atoms with Gasteiger partial charge in [0.15, 0.2) is 17.0 Å². The van der Waals surface area contributed by atoms with Crippen LogP contribution in [0.2, 0.25) is 0 Å². The van der Waals surface area contributed by atoms with Crippen LogP contribution in [0.3, 0.4) is 0 Å². The Labute approximate surface area is 137 Å². The van der Waals surface area contributed by atoms with Crippen molar-refractivity contribution in [2.24, 2.45) is 0 Å². The molecule has 0 saturated heterocycles. The maximum Gasteiger partial charge on any atom is 0.337 e. The third-order valence-electron chi connectivity index (χ3n) is 3.55. The molecule has 8 nitrogen and oxygen atoms in total. The summed E-state index contributed by atoms with van der Waals surface area (Å²) in [5.74, 6) is -0.0567. The molecular formula is C16H16N6O2. The third kappa shape index (κ3) is 3.22. The van der Waals surface area contributed by atoms with Crippen LogP contribution in [-0.2, 0) is 17.6 Å². The van der Waals surface area contributed by atoms with E-state index in [0.717, 1.165) is 17.7 Å². The van der Waals surface area contributed by atoms with Crippen molar-refractivity contribution in [1.29, 1.82) is 0 Å². The molecule has 8 heteroatoms. The minimum absolute atomic E-state index is 0.0766. The van der Waals surface area contributed by atoms with E-state index in [9.17, 15) is 4.79 Å². The van der Waals surface area contributed by atoms with Crippen LogP contribution in [0.5, 0.6) is 0 Å². The zero-order chi connectivity index (χ0) is 17.1. The van der Waals surface area contributed by atoms with Crippen LogP contribution in [-0.4, -0.2) is 33.0 Å². The number of methoxy groups -OCH3 is 1. The Bertz CT molecular complexity index is 895. The number of nitrogen functional groups attached to an aromatic ring is 2. The number of aryl methyl sites for hydroxylation is 2. The number of rotatable bonds is 4. The van der Waals surface area contributed by atoms with Crippen molar-refractivity contribution in [1.82, 2.24) is 19.9 Å². The summed E-state index contributed by atoms with van der Waals surface area (Å²) in [7, 11) is 1.36. The molecule has 4 N–H and O–H groups in total. The van der Waals surface area contributed by atoms with E-state index < -0.39 is 0 Å². The summed E-state index contributed by atoms with van der Waals surface area (Å²) in [6.45, 7) is 0. The van der Waals surface area contributed by atoms with Gasteiger partial charge in [0.25, 0.3) is 0 Å². The molecule has 0 bridgehead atoms. The van der Waals surface area contributed by atoms with E-state index in [-0.39, 0.29) is 17.7 Å². The normalized spacial score (nSPS) is 10.7. The van der Waals surface area contributed by atoms with Gasteiger partial charge in [-0.25, -0.2) is 14.8 Å². The second-order valence-corrected chi connectivity index (χ2v) is 5.19. The van der Waals surface area contributed by atoms with E-state index in [2.05, 4.69) is 24.7 Å². The highest BCUT2D eigenvalue weighted by Gasteiger charge is 2.08. The molecule has 0 aliphatic heterocycles. The first-order chi connectivity index (χ1) is 11.6. The Morgan fingerprint density at radius 2 is 1.83 bits per heavy atom. The van der Waals surface area contributed by atoms with Crippen LogP contribution in [0.25, 0.3) is 11.2 Å². The molecule has 0 atom stereocenters. The van der Waals surface area contributed by atoms with Crippen molar-refractivity contribution in [3.05, 3.63) is 47.3 Å². The molecule has 0 unspecified atom stereocenters. The molecule has 0 spiro atoms. The first-order valence-corrected chi connectivity index (χ1v) is 7.28. The van der Waals surface area contributed by atoms with Gasteiger partial charge in [0.2, 0.25) is 5.95 Å². The fourth-order valence-electron chi connectivity index (χ4n) is 2.30. The van der Waals surface area contributed by atoms with Crippen LogP contribution in [0.4, 0.5) is 11.8 Å². The van der Waals surface area contributed by atoms with Gasteiger partial charge in [-0.1, -0.05) is 12.1 Å². The lowest BCUT2D eigenvalue weighted by Gasteiger charge is -2.05. The lowest BCUT2D eigenvalue weighted by atomic mass is 10.1. The molecule has 0 amide bonds. The monoisotopic (exact) mass is 324 g/mol. The van der Waals surface area contributed by atoms with Crippen LogP contribution < -0.4 is 11.5 Å². The number of anilines is 2. The Balaban J connectivity index is 1.74. The highest BCUT2D eigenvalue weighted by Crippen LogP contribution is 2.15. The fourth-order valence-corrected chi connectivity index (χ4v) is 2.30. The number of ether oxygens (including phenoxy) is 1. The number of nitrogens with zero attached hydrogens (tertiary/aromatic N) is 4. The standard InChI is InChI=1S/C16H16N6O2/c1-24-15(23)10-5-2-9(3-6-10)4-7-11-8-19-14-12(20-11)13(17)21-16(18)22-14/h2-3,5-6,8H,4,7H2,1H3,(H4,17,18,19,21,22). The summed E-state index contributed by atoms with van der Waals surface area (Å²) in [6.07, 6.45) is 3.07. The number of hydrogen-bond donors (Lipinski definition) is 2. The van der Waals surface area contributed by atoms with Gasteiger partial charge < -0.3 is 16.2 Å². The molecule has 24 heavy (non-hydrogen) atoms. The fraction of sp³-hybridized carbons (Fsp3) is 0.188. The highest BCUT2D eigenvalue weighted by atomic mass is 16.5. The maximum absolute atomic E-state index is 11.4. The predicted octanol–water partition coefficient (Wildman–Crippen LogP) is 1.16. The summed E-state index contributed by atoms with van der Waals surface area (Å²) < 4.78 is 4.68. The number of carbonyl (C=O) groups is 1. The number of nitrogens with two attached hydrogens (primary N) is 2. The maximum atomic E-state index is 11.4. The van der Waals surface area contributed by atoms with E-state index in [1.807, 2.05) is 12.1 Å². The zero-order valence-electron chi connectivity index (χ0n) is 13.1. The molecule has 3 aromatic rings. The van der Waals surface area contributed by atoms with Gasteiger partial charge >= 0.3 is 5.97 Å². The molecule has 2 aromatic heterocycles. The summed E-state index contributed by atoms with van der Waals surface area (Å²) in [5.41, 5.74) is 14.6. The third-order valence-corrected chi connectivity index (χ3v) is 3.55. The van der Waals surface area contributed by atoms with Crippen LogP contribution in [0.1, 0.15) is 21.6 Å². The quantitative estimate of drug-likeness (QED) is 0.684. The van der Waals surface area contributed by atoms with Gasteiger partial charge in [-0.3, -0.25) is 0 Å². The van der Waals surface area contributed by atoms with Crippen molar-refractivity contribution in [3.63, 3.8) is 0 Å². The summed E-state index contributed by atoms with van der Waals surface area (Å²) in [5, 5.41) is 0. The van der Waals surface area contributed by atoms with E-state index in [0.29, 0.717) is 23.1 Å². The van der Waals surface area contributed by atoms with E-state index in [1.54, 1.807) is 18.3 Å². The molecule has 3 rings (SSSR count). The molecule has 0 aliphatic rings. The van der Waals surface area contributed by atoms with Gasteiger partial charge in [0, 0.05) is 0 Å². The van der Waals surface area contributed by atoms with Gasteiger partial charge in [0.1, 0.15) is 0 Å². The molecule has 2 heterocycles. The molecular weight excluding hydrogens is 308 g/mol. The number of benzene rings is 1. The number of esters is 1. The first-order valence-electron chi connectivity index (χ1n) is 7.28. The number of aromatic nitrogens is 4. The lowest BCUT2D eigenvalue weighted by Crippen LogP contribution is -2.05. The second kappa shape index (κ2) is 6.45. The Morgan fingerprint density at radius 1 is 1.08 bits per heavy atom. The average Bonchev–Trinajstić information content (AvgIpc) is 2.60. The predicted molar refractivity (Wildman–Crippen MR) is 89.1 cm³/mol. The largest absolute Gasteiger partial charge is 0.465 e. The van der Waals surface area contributed by atoms with E-state index >= 15 is 0 Å². The minimum Gasteiger partial charge on any atom is -0.465 e. The minimum atomic E-state index is -0.350. The van der Waals surface area contributed by atoms with E-state index in [4.69, 9.17) is 11.5 Å². The van der Waals surface area contributed by atoms with Gasteiger partial charge in [-0.05, 0) is 30.5 Å². The SMILES string of the molecule is COC(=O)c1ccc(CCc2cnc3nc(N)nc(N)c3n2)cc1. The van der Waals surface area contributed by atoms with Gasteiger partial charge in [0.05, 0.1) is 24.6 Å². The summed E-state index contributed by atoms with van der Waals surface area (Å²) in [6, 6.07) is 7.25. The first kappa shape index (κ1) is 15.6. The Hall–Kier alpha value is -3.29. The van der Waals surface area contributed by atoms with Crippen molar-refractivity contribution in [2.75, 3.05) is 18.6 Å². The van der Waals surface area contributed by atoms with Gasteiger partial charge in [-0.15, -0.1) is 0 Å². The van der Waals surface area contributed by atoms with Crippen molar-refractivity contribution < 1.29 is 9.53 Å². The van der Waals surface area contributed by atoms with Gasteiger partial charge in [-0.2, -0.15) is 9.97 Å². The van der Waals surface area contributed by atoms with Crippen LogP contribution in [0.15, 0.2) is 30.5 Å². The van der Waals surface area contributed by atoms with E-state index in [1.165, 1.54) is 7.11 Å². The van der Waals surface area contributed by atoms with Crippen LogP contribution in [0, 0.1) is 0 Å². The molecule has 0 aliphatic carbocycles. The van der Waals surface area contributed by atoms with Crippen molar-refractivity contribution in [2.45, 2.75) is 12.8 Å². The Morgan fingerprint density at radius 3 is 2.54 bits per heavy atom. The number of fused-ring (bicyclic) bond motifs is 1. The molecule has 122 valence electrons. The number of carbonyl (C=O) groups excluding carboxylic acids is 1. The average molecular weight is 324 g/mol. The smallest absolute Gasteiger partial charge is 0.337 e. The Kier molecular flexibility index (Phi) is 4.19.